The first-order valence-corrected chi connectivity index (χ1v) is 3.45. The van der Waals surface area contributed by atoms with E-state index in [2.05, 4.69) is 0 Å². The largest absolute Gasteiger partial charge is 0.401 e. The SMILES string of the molecule is FC(F)(F)CN1CCC(F)(F)C1. The molecule has 1 fully saturated rings. The van der Waals surface area contributed by atoms with Crippen LogP contribution < -0.4 is 0 Å². The number of hydrogen-bond acceptors (Lipinski definition) is 1. The predicted octanol–water partition coefficient (Wildman–Crippen LogP) is 1.89. The zero-order valence-corrected chi connectivity index (χ0v) is 6.17. The van der Waals surface area contributed by atoms with Gasteiger partial charge in [0, 0.05) is 13.0 Å². The third-order valence-corrected chi connectivity index (χ3v) is 1.65. The van der Waals surface area contributed by atoms with Crippen LogP contribution in [0.1, 0.15) is 6.42 Å². The van der Waals surface area contributed by atoms with Crippen LogP contribution in [0.5, 0.6) is 0 Å². The smallest absolute Gasteiger partial charge is 0.289 e. The van der Waals surface area contributed by atoms with Crippen molar-refractivity contribution in [3.05, 3.63) is 0 Å². The van der Waals surface area contributed by atoms with Crippen molar-refractivity contribution in [1.82, 2.24) is 4.90 Å². The van der Waals surface area contributed by atoms with Gasteiger partial charge < -0.3 is 0 Å². The average Bonchev–Trinajstić information content (AvgIpc) is 2.05. The van der Waals surface area contributed by atoms with Crippen LogP contribution in [0.2, 0.25) is 0 Å². The number of halogens is 5. The minimum atomic E-state index is -4.37. The summed E-state index contributed by atoms with van der Waals surface area (Å²) < 4.78 is 59.7. The lowest BCUT2D eigenvalue weighted by atomic mass is 10.3. The Labute approximate surface area is 66.1 Å². The van der Waals surface area contributed by atoms with Crippen molar-refractivity contribution in [2.24, 2.45) is 0 Å². The Kier molecular flexibility index (Phi) is 2.29. The first-order valence-electron chi connectivity index (χ1n) is 3.45. The number of rotatable bonds is 1. The summed E-state index contributed by atoms with van der Waals surface area (Å²) in [7, 11) is 0. The van der Waals surface area contributed by atoms with E-state index in [1.165, 1.54) is 0 Å². The molecule has 1 nitrogen and oxygen atoms in total. The molecule has 1 heterocycles. The van der Waals surface area contributed by atoms with E-state index >= 15 is 0 Å². The number of nitrogens with zero attached hydrogens (tertiary/aromatic N) is 1. The lowest BCUT2D eigenvalue weighted by Crippen LogP contribution is -2.34. The molecule has 6 heteroatoms. The van der Waals surface area contributed by atoms with Crippen LogP contribution in [-0.2, 0) is 0 Å². The first kappa shape index (κ1) is 9.70. The molecule has 0 unspecified atom stereocenters. The lowest BCUT2D eigenvalue weighted by molar-refractivity contribution is -0.145. The highest BCUT2D eigenvalue weighted by Crippen LogP contribution is 2.29. The second kappa shape index (κ2) is 2.83. The fourth-order valence-corrected chi connectivity index (χ4v) is 1.20. The van der Waals surface area contributed by atoms with Crippen molar-refractivity contribution < 1.29 is 22.0 Å². The highest BCUT2D eigenvalue weighted by molar-refractivity contribution is 4.82. The van der Waals surface area contributed by atoms with Gasteiger partial charge in [-0.2, -0.15) is 13.2 Å². The van der Waals surface area contributed by atoms with Gasteiger partial charge in [-0.05, 0) is 0 Å². The van der Waals surface area contributed by atoms with E-state index in [-0.39, 0.29) is 6.54 Å². The van der Waals surface area contributed by atoms with Gasteiger partial charge in [0.05, 0.1) is 13.1 Å². The molecule has 0 bridgehead atoms. The Morgan fingerprint density at radius 2 is 1.83 bits per heavy atom. The van der Waals surface area contributed by atoms with Gasteiger partial charge in [0.1, 0.15) is 0 Å². The van der Waals surface area contributed by atoms with Crippen LogP contribution in [0.25, 0.3) is 0 Å². The number of alkyl halides is 5. The summed E-state index contributed by atoms with van der Waals surface area (Å²) >= 11 is 0. The quantitative estimate of drug-likeness (QED) is 0.569. The monoisotopic (exact) mass is 189 g/mol. The highest BCUT2D eigenvalue weighted by atomic mass is 19.4. The Hall–Kier alpha value is -0.390. The molecule has 0 radical (unpaired) electrons. The minimum Gasteiger partial charge on any atom is -0.289 e. The van der Waals surface area contributed by atoms with Crippen molar-refractivity contribution in [2.75, 3.05) is 19.6 Å². The van der Waals surface area contributed by atoms with Crippen LogP contribution in [0.3, 0.4) is 0 Å². The average molecular weight is 189 g/mol. The molecule has 0 aromatic carbocycles. The molecule has 0 aromatic heterocycles. The van der Waals surface area contributed by atoms with E-state index in [1.54, 1.807) is 0 Å². The van der Waals surface area contributed by atoms with E-state index in [9.17, 15) is 22.0 Å². The van der Waals surface area contributed by atoms with Crippen LogP contribution in [0, 0.1) is 0 Å². The van der Waals surface area contributed by atoms with Gasteiger partial charge in [-0.3, -0.25) is 4.90 Å². The lowest BCUT2D eigenvalue weighted by Gasteiger charge is -2.16. The fraction of sp³-hybridized carbons (Fsp3) is 1.00. The van der Waals surface area contributed by atoms with Crippen LogP contribution in [-0.4, -0.2) is 36.6 Å². The van der Waals surface area contributed by atoms with E-state index in [4.69, 9.17) is 0 Å². The zero-order chi connectivity index (χ0) is 9.41. The molecule has 1 rings (SSSR count). The van der Waals surface area contributed by atoms with E-state index < -0.39 is 31.6 Å². The molecular weight excluding hydrogens is 181 g/mol. The topological polar surface area (TPSA) is 3.24 Å². The normalized spacial score (nSPS) is 24.8. The maximum Gasteiger partial charge on any atom is 0.401 e. The maximum absolute atomic E-state index is 12.4. The highest BCUT2D eigenvalue weighted by Gasteiger charge is 2.42. The van der Waals surface area contributed by atoms with Crippen molar-refractivity contribution >= 4 is 0 Å². The molecule has 1 aliphatic heterocycles. The number of likely N-dealkylation sites (tertiary alicyclic amines) is 1. The molecule has 12 heavy (non-hydrogen) atoms. The molecule has 0 spiro atoms. The van der Waals surface area contributed by atoms with Gasteiger partial charge in [-0.1, -0.05) is 0 Å². The summed E-state index contributed by atoms with van der Waals surface area (Å²) in [6.45, 7) is -2.18. The molecular formula is C6H8F5N. The third-order valence-electron chi connectivity index (χ3n) is 1.65. The second-order valence-corrected chi connectivity index (χ2v) is 2.93. The third kappa shape index (κ3) is 2.92. The molecule has 1 aliphatic rings. The second-order valence-electron chi connectivity index (χ2n) is 2.93. The molecule has 0 aliphatic carbocycles. The van der Waals surface area contributed by atoms with Gasteiger partial charge in [-0.15, -0.1) is 0 Å². The standard InChI is InChI=1S/C6H8F5N/c7-5(8)1-2-12(3-5)4-6(9,10)11/h1-4H2. The number of hydrogen-bond donors (Lipinski definition) is 0. The molecule has 1 saturated heterocycles. The van der Waals surface area contributed by atoms with Gasteiger partial charge in [-0.25, -0.2) is 8.78 Å². The summed E-state index contributed by atoms with van der Waals surface area (Å²) in [6, 6.07) is 0. The Balaban J connectivity index is 2.39. The van der Waals surface area contributed by atoms with Gasteiger partial charge in [0.15, 0.2) is 0 Å². The maximum atomic E-state index is 12.4. The fourth-order valence-electron chi connectivity index (χ4n) is 1.20. The van der Waals surface area contributed by atoms with Gasteiger partial charge >= 0.3 is 6.18 Å². The summed E-state index contributed by atoms with van der Waals surface area (Å²) in [6.07, 6.45) is -4.84. The summed E-state index contributed by atoms with van der Waals surface area (Å²) in [5.74, 6) is -2.94. The summed E-state index contributed by atoms with van der Waals surface area (Å²) in [4.78, 5) is 0.722. The van der Waals surface area contributed by atoms with E-state index in [0.29, 0.717) is 0 Å². The predicted molar refractivity (Wildman–Crippen MR) is 32.1 cm³/mol. The Bertz CT molecular complexity index is 164. The zero-order valence-electron chi connectivity index (χ0n) is 6.17. The Morgan fingerprint density at radius 1 is 1.25 bits per heavy atom. The van der Waals surface area contributed by atoms with Crippen molar-refractivity contribution in [2.45, 2.75) is 18.5 Å². The van der Waals surface area contributed by atoms with Gasteiger partial charge in [0.25, 0.3) is 5.92 Å². The van der Waals surface area contributed by atoms with Crippen LogP contribution in [0.15, 0.2) is 0 Å². The van der Waals surface area contributed by atoms with Crippen molar-refractivity contribution in [3.8, 4) is 0 Å². The van der Waals surface area contributed by atoms with E-state index in [0.717, 1.165) is 4.90 Å². The summed E-state index contributed by atoms with van der Waals surface area (Å²) in [5, 5.41) is 0. The molecule has 72 valence electrons. The van der Waals surface area contributed by atoms with E-state index in [1.807, 2.05) is 0 Å². The van der Waals surface area contributed by atoms with Gasteiger partial charge in [0.2, 0.25) is 0 Å². The van der Waals surface area contributed by atoms with Crippen LogP contribution >= 0.6 is 0 Å². The molecule has 0 aromatic rings. The summed E-state index contributed by atoms with van der Waals surface area (Å²) in [5.41, 5.74) is 0. The molecule has 0 amide bonds. The van der Waals surface area contributed by atoms with Crippen molar-refractivity contribution in [1.29, 1.82) is 0 Å². The van der Waals surface area contributed by atoms with Crippen molar-refractivity contribution in [3.63, 3.8) is 0 Å². The molecule has 0 N–H and O–H groups in total. The van der Waals surface area contributed by atoms with Crippen LogP contribution in [0.4, 0.5) is 22.0 Å². The first-order chi connectivity index (χ1) is 5.29. The molecule has 0 saturated carbocycles. The molecule has 0 atom stereocenters. The minimum absolute atomic E-state index is 0.174. The Morgan fingerprint density at radius 3 is 2.17 bits per heavy atom.